The number of hydrogen-bond donors (Lipinski definition) is 1. The molecule has 0 amide bonds. The van der Waals surface area contributed by atoms with Crippen LogP contribution in [0.5, 0.6) is 0 Å². The molecule has 2 heterocycles. The van der Waals surface area contributed by atoms with Crippen molar-refractivity contribution in [1.82, 2.24) is 9.97 Å². The summed E-state index contributed by atoms with van der Waals surface area (Å²) in [6.45, 7) is 7.87. The quantitative estimate of drug-likeness (QED) is 0.576. The Labute approximate surface area is 165 Å². The molecule has 5 nitrogen and oxygen atoms in total. The van der Waals surface area contributed by atoms with Crippen LogP contribution in [-0.4, -0.2) is 24.4 Å². The van der Waals surface area contributed by atoms with Crippen LogP contribution in [0.15, 0.2) is 47.6 Å². The van der Waals surface area contributed by atoms with Gasteiger partial charge in [-0.05, 0) is 62.1 Å². The maximum absolute atomic E-state index is 13.5. The summed E-state index contributed by atoms with van der Waals surface area (Å²) in [4.78, 5) is 7.32. The molecule has 0 saturated carbocycles. The number of pyridine rings is 1. The number of halogens is 1. The minimum Gasteiger partial charge on any atom is -0.361 e. The number of aryl methyl sites for hydroxylation is 1. The zero-order valence-corrected chi connectivity index (χ0v) is 17.5. The molecular weight excluding hydrogens is 382 g/mol. The third-order valence-corrected chi connectivity index (χ3v) is 6.85. The number of benzene rings is 1. The van der Waals surface area contributed by atoms with Crippen molar-refractivity contribution in [3.8, 4) is 0 Å². The van der Waals surface area contributed by atoms with E-state index in [-0.39, 0.29) is 10.9 Å². The number of hydrogen-bond acceptors (Lipinski definition) is 3. The lowest BCUT2D eigenvalue weighted by atomic mass is 10.0. The minimum absolute atomic E-state index is 0.147. The van der Waals surface area contributed by atoms with E-state index in [4.69, 9.17) is 11.6 Å². The Morgan fingerprint density at radius 1 is 1.19 bits per heavy atom. The van der Waals surface area contributed by atoms with E-state index in [0.29, 0.717) is 22.3 Å². The Morgan fingerprint density at radius 3 is 2.59 bits per heavy atom. The molecule has 0 saturated heterocycles. The first-order chi connectivity index (χ1) is 12.7. The van der Waals surface area contributed by atoms with E-state index in [1.807, 2.05) is 37.4 Å². The second-order valence-electron chi connectivity index (χ2n) is 7.31. The Morgan fingerprint density at radius 2 is 1.93 bits per heavy atom. The Balaban J connectivity index is 2.14. The van der Waals surface area contributed by atoms with Crippen molar-refractivity contribution in [2.24, 2.45) is 5.92 Å². The number of aromatic amines is 1. The van der Waals surface area contributed by atoms with E-state index in [0.717, 1.165) is 17.3 Å². The zero-order chi connectivity index (χ0) is 19.8. The number of nitrogens with one attached hydrogen (secondary N) is 1. The fourth-order valence-electron chi connectivity index (χ4n) is 3.37. The minimum atomic E-state index is -3.79. The van der Waals surface area contributed by atoms with Gasteiger partial charge < -0.3 is 4.98 Å². The molecule has 2 aromatic heterocycles. The molecule has 0 bridgehead atoms. The smallest absolute Gasteiger partial charge is 0.266 e. The lowest BCUT2D eigenvalue weighted by Crippen LogP contribution is -2.39. The topological polar surface area (TPSA) is 66.1 Å². The first-order valence-corrected chi connectivity index (χ1v) is 10.8. The highest BCUT2D eigenvalue weighted by Gasteiger charge is 2.30. The predicted octanol–water partition coefficient (Wildman–Crippen LogP) is 5.15. The monoisotopic (exact) mass is 405 g/mol. The van der Waals surface area contributed by atoms with Crippen molar-refractivity contribution in [3.63, 3.8) is 0 Å². The highest BCUT2D eigenvalue weighted by atomic mass is 35.5. The molecule has 3 aromatic rings. The van der Waals surface area contributed by atoms with E-state index >= 15 is 0 Å². The molecule has 3 rings (SSSR count). The normalized spacial score (nSPS) is 13.3. The van der Waals surface area contributed by atoms with Gasteiger partial charge in [-0.2, -0.15) is 0 Å². The molecule has 1 N–H and O–H groups in total. The molecular formula is C20H24ClN3O2S. The summed E-state index contributed by atoms with van der Waals surface area (Å²) in [5.74, 6) is 0.360. The first-order valence-electron chi connectivity index (χ1n) is 8.94. The fourth-order valence-corrected chi connectivity index (χ4v) is 5.17. The van der Waals surface area contributed by atoms with Crippen molar-refractivity contribution in [1.29, 1.82) is 0 Å². The van der Waals surface area contributed by atoms with Crippen LogP contribution in [0, 0.1) is 12.8 Å². The van der Waals surface area contributed by atoms with Crippen LogP contribution in [0.4, 0.5) is 5.69 Å². The molecule has 0 aliphatic carbocycles. The molecule has 0 aliphatic heterocycles. The van der Waals surface area contributed by atoms with Gasteiger partial charge in [0, 0.05) is 29.3 Å². The van der Waals surface area contributed by atoms with Gasteiger partial charge in [0.05, 0.1) is 5.69 Å². The van der Waals surface area contributed by atoms with Crippen molar-refractivity contribution >= 4 is 38.2 Å². The first kappa shape index (κ1) is 19.7. The van der Waals surface area contributed by atoms with Crippen molar-refractivity contribution in [2.45, 2.75) is 45.1 Å². The molecule has 1 aromatic carbocycles. The van der Waals surface area contributed by atoms with Crippen LogP contribution in [0.1, 0.15) is 32.8 Å². The largest absolute Gasteiger partial charge is 0.361 e. The van der Waals surface area contributed by atoms with Crippen molar-refractivity contribution < 1.29 is 8.42 Å². The van der Waals surface area contributed by atoms with E-state index in [1.54, 1.807) is 13.0 Å². The van der Waals surface area contributed by atoms with Gasteiger partial charge in [0.25, 0.3) is 10.0 Å². The number of fused-ring (bicyclic) bond motifs is 1. The second kappa shape index (κ2) is 7.52. The summed E-state index contributed by atoms with van der Waals surface area (Å²) < 4.78 is 28.6. The second-order valence-corrected chi connectivity index (χ2v) is 9.48. The standard InChI is InChI=1S/C20H24ClN3O2S/c1-13(2)9-15(4)24(17-5-6-19-16(11-17)7-8-22-19)27(25,26)18-10-14(3)20(21)23-12-18/h5-8,10-13,15,22H,9H2,1-4H3/t15-/m0/s1. The highest BCUT2D eigenvalue weighted by molar-refractivity contribution is 7.92. The van der Waals surface area contributed by atoms with E-state index in [2.05, 4.69) is 23.8 Å². The molecule has 0 aliphatic rings. The number of nitrogens with zero attached hydrogens (tertiary/aromatic N) is 2. The zero-order valence-electron chi connectivity index (χ0n) is 15.9. The molecule has 0 spiro atoms. The number of rotatable bonds is 6. The van der Waals surface area contributed by atoms with Crippen LogP contribution in [-0.2, 0) is 10.0 Å². The average Bonchev–Trinajstić information content (AvgIpc) is 3.04. The van der Waals surface area contributed by atoms with Crippen LogP contribution >= 0.6 is 11.6 Å². The predicted molar refractivity (Wildman–Crippen MR) is 111 cm³/mol. The third kappa shape index (κ3) is 3.96. The van der Waals surface area contributed by atoms with Crippen molar-refractivity contribution in [2.75, 3.05) is 4.31 Å². The maximum atomic E-state index is 13.5. The Bertz CT molecular complexity index is 1060. The van der Waals surface area contributed by atoms with Gasteiger partial charge in [-0.1, -0.05) is 25.4 Å². The SMILES string of the molecule is Cc1cc(S(=O)(=O)N(c2ccc3[nH]ccc3c2)[C@@H](C)CC(C)C)cnc1Cl. The summed E-state index contributed by atoms with van der Waals surface area (Å²) >= 11 is 5.99. The average molecular weight is 406 g/mol. The Hall–Kier alpha value is -2.05. The van der Waals surface area contributed by atoms with Gasteiger partial charge in [0.15, 0.2) is 0 Å². The number of aromatic nitrogens is 2. The van der Waals surface area contributed by atoms with Gasteiger partial charge in [-0.15, -0.1) is 0 Å². The van der Waals surface area contributed by atoms with Crippen LogP contribution < -0.4 is 4.31 Å². The number of anilines is 1. The molecule has 0 unspecified atom stereocenters. The third-order valence-electron chi connectivity index (χ3n) is 4.55. The van der Waals surface area contributed by atoms with Crippen molar-refractivity contribution in [3.05, 3.63) is 53.4 Å². The highest BCUT2D eigenvalue weighted by Crippen LogP contribution is 2.31. The molecule has 0 fully saturated rings. The van der Waals surface area contributed by atoms with Gasteiger partial charge in [-0.25, -0.2) is 13.4 Å². The molecule has 144 valence electrons. The maximum Gasteiger partial charge on any atom is 0.266 e. The van der Waals surface area contributed by atoms with Crippen LogP contribution in [0.3, 0.4) is 0 Å². The van der Waals surface area contributed by atoms with Gasteiger partial charge in [0.2, 0.25) is 0 Å². The van der Waals surface area contributed by atoms with Gasteiger partial charge in [0.1, 0.15) is 10.0 Å². The van der Waals surface area contributed by atoms with E-state index in [1.165, 1.54) is 10.5 Å². The summed E-state index contributed by atoms with van der Waals surface area (Å²) in [5.41, 5.74) is 2.25. The summed E-state index contributed by atoms with van der Waals surface area (Å²) in [7, 11) is -3.79. The lowest BCUT2D eigenvalue weighted by Gasteiger charge is -2.31. The summed E-state index contributed by atoms with van der Waals surface area (Å²) in [6.07, 6.45) is 3.91. The van der Waals surface area contributed by atoms with Gasteiger partial charge in [-0.3, -0.25) is 4.31 Å². The summed E-state index contributed by atoms with van der Waals surface area (Å²) in [5, 5.41) is 1.28. The molecule has 7 heteroatoms. The summed E-state index contributed by atoms with van der Waals surface area (Å²) in [6, 6.07) is 8.95. The number of sulfonamides is 1. The fraction of sp³-hybridized carbons (Fsp3) is 0.350. The lowest BCUT2D eigenvalue weighted by molar-refractivity contribution is 0.509. The Kier molecular flexibility index (Phi) is 5.49. The van der Waals surface area contributed by atoms with E-state index < -0.39 is 10.0 Å². The van der Waals surface area contributed by atoms with Crippen LogP contribution in [0.2, 0.25) is 5.15 Å². The van der Waals surface area contributed by atoms with Crippen LogP contribution in [0.25, 0.3) is 10.9 Å². The molecule has 0 radical (unpaired) electrons. The molecule has 1 atom stereocenters. The molecule has 27 heavy (non-hydrogen) atoms. The van der Waals surface area contributed by atoms with E-state index in [9.17, 15) is 8.42 Å². The number of H-pyrrole nitrogens is 1. The van der Waals surface area contributed by atoms with Gasteiger partial charge >= 0.3 is 0 Å².